The molecule has 0 fully saturated rings. The van der Waals surface area contributed by atoms with E-state index in [2.05, 4.69) is 155 Å². The molecule has 0 N–H and O–H groups in total. The fourth-order valence-electron chi connectivity index (χ4n) is 7.76. The maximum Gasteiger partial charge on any atom is 0.238 e. The van der Waals surface area contributed by atoms with E-state index in [1.807, 2.05) is 18.2 Å². The van der Waals surface area contributed by atoms with Gasteiger partial charge in [-0.2, -0.15) is 9.97 Å². The summed E-state index contributed by atoms with van der Waals surface area (Å²) in [7, 11) is 0. The SMILES string of the molecule is c1ccc(-c2nc(-c3cccc4sc5ccccc5c34)nc(-n3c4ccccc4c4cc5c(cc43)c3ccccc3n5-c3ccccc3)n2)cc1. The molecule has 0 amide bonds. The third-order valence-electron chi connectivity index (χ3n) is 9.98. The summed E-state index contributed by atoms with van der Waals surface area (Å²) in [5.41, 5.74) is 7.51. The monoisotopic (exact) mass is 669 g/mol. The predicted octanol–water partition coefficient (Wildman–Crippen LogP) is 11.8. The summed E-state index contributed by atoms with van der Waals surface area (Å²) in [5.74, 6) is 1.88. The second kappa shape index (κ2) is 10.9. The molecule has 0 aliphatic heterocycles. The van der Waals surface area contributed by atoms with Crippen molar-refractivity contribution in [2.75, 3.05) is 0 Å². The standard InChI is InChI=1S/C45H27N5S/c1-3-14-28(15-4-1)43-46-44(33-21-13-25-41-42(33)32-20-9-12-24-40(32)51-41)48-45(47-43)50-37-23-11-8-19-31(37)35-26-38-34(27-39(35)50)30-18-7-10-22-36(30)49(38)29-16-5-2-6-17-29/h1-27H. The van der Waals surface area contributed by atoms with Crippen LogP contribution < -0.4 is 0 Å². The van der Waals surface area contributed by atoms with Crippen molar-refractivity contribution in [1.82, 2.24) is 24.1 Å². The molecule has 11 aromatic rings. The average Bonchev–Trinajstić information content (AvgIpc) is 3.85. The van der Waals surface area contributed by atoms with Gasteiger partial charge in [0.1, 0.15) is 0 Å². The zero-order valence-corrected chi connectivity index (χ0v) is 28.0. The number of hydrogen-bond acceptors (Lipinski definition) is 4. The highest BCUT2D eigenvalue weighted by Gasteiger charge is 2.22. The van der Waals surface area contributed by atoms with E-state index < -0.39 is 0 Å². The Kier molecular flexibility index (Phi) is 6.05. The molecule has 51 heavy (non-hydrogen) atoms. The molecule has 0 unspecified atom stereocenters. The lowest BCUT2D eigenvalue weighted by Gasteiger charge is -2.12. The number of fused-ring (bicyclic) bond motifs is 9. The molecule has 0 atom stereocenters. The van der Waals surface area contributed by atoms with Crippen LogP contribution in [-0.4, -0.2) is 24.1 Å². The van der Waals surface area contributed by atoms with Gasteiger partial charge in [-0.15, -0.1) is 11.3 Å². The lowest BCUT2D eigenvalue weighted by molar-refractivity contribution is 0.955. The molecule has 0 saturated heterocycles. The van der Waals surface area contributed by atoms with Crippen molar-refractivity contribution in [2.45, 2.75) is 0 Å². The summed E-state index contributed by atoms with van der Waals surface area (Å²) in [6.07, 6.45) is 0. The van der Waals surface area contributed by atoms with Gasteiger partial charge in [-0.3, -0.25) is 4.57 Å². The minimum Gasteiger partial charge on any atom is -0.309 e. The summed E-state index contributed by atoms with van der Waals surface area (Å²) in [6.45, 7) is 0. The summed E-state index contributed by atoms with van der Waals surface area (Å²) >= 11 is 1.80. The van der Waals surface area contributed by atoms with Gasteiger partial charge < -0.3 is 4.57 Å². The molecule has 4 heterocycles. The van der Waals surface area contributed by atoms with Crippen molar-refractivity contribution in [3.63, 3.8) is 0 Å². The number of aromatic nitrogens is 5. The Hall–Kier alpha value is -6.63. The Bertz CT molecular complexity index is 3140. The van der Waals surface area contributed by atoms with E-state index in [0.717, 1.165) is 44.1 Å². The van der Waals surface area contributed by atoms with Crippen molar-refractivity contribution < 1.29 is 0 Å². The molecule has 4 aromatic heterocycles. The molecule has 0 bridgehead atoms. The zero-order chi connectivity index (χ0) is 33.5. The highest BCUT2D eigenvalue weighted by atomic mass is 32.1. The maximum atomic E-state index is 5.34. The fraction of sp³-hybridized carbons (Fsp3) is 0. The van der Waals surface area contributed by atoms with Gasteiger partial charge in [-0.25, -0.2) is 4.98 Å². The highest BCUT2D eigenvalue weighted by molar-refractivity contribution is 7.25. The smallest absolute Gasteiger partial charge is 0.238 e. The molecular formula is C45H27N5S. The van der Waals surface area contributed by atoms with E-state index in [9.17, 15) is 0 Å². The molecule has 11 rings (SSSR count). The molecule has 238 valence electrons. The zero-order valence-electron chi connectivity index (χ0n) is 27.2. The van der Waals surface area contributed by atoms with Crippen LogP contribution in [0.5, 0.6) is 0 Å². The third kappa shape index (κ3) is 4.24. The first-order chi connectivity index (χ1) is 25.3. The largest absolute Gasteiger partial charge is 0.309 e. The van der Waals surface area contributed by atoms with Crippen molar-refractivity contribution in [1.29, 1.82) is 0 Å². The molecule has 0 radical (unpaired) electrons. The number of para-hydroxylation sites is 3. The molecule has 0 aliphatic carbocycles. The third-order valence-corrected chi connectivity index (χ3v) is 11.1. The van der Waals surface area contributed by atoms with Crippen LogP contribution >= 0.6 is 11.3 Å². The van der Waals surface area contributed by atoms with Crippen molar-refractivity contribution in [3.8, 4) is 34.4 Å². The van der Waals surface area contributed by atoms with E-state index in [1.54, 1.807) is 11.3 Å². The van der Waals surface area contributed by atoms with E-state index in [4.69, 9.17) is 15.0 Å². The first-order valence-electron chi connectivity index (χ1n) is 17.0. The second-order valence-electron chi connectivity index (χ2n) is 12.9. The Labute approximate surface area is 296 Å². The second-order valence-corrected chi connectivity index (χ2v) is 13.9. The quantitative estimate of drug-likeness (QED) is 0.187. The van der Waals surface area contributed by atoms with Gasteiger partial charge in [-0.05, 0) is 48.5 Å². The molecule has 0 aliphatic rings. The summed E-state index contributed by atoms with van der Waals surface area (Å²) in [6, 6.07) is 57.8. The van der Waals surface area contributed by atoms with Crippen LogP contribution in [0, 0.1) is 0 Å². The molecule has 0 saturated carbocycles. The molecule has 5 nitrogen and oxygen atoms in total. The minimum atomic E-state index is 0.590. The first kappa shape index (κ1) is 28.2. The molecule has 0 spiro atoms. The molecule has 7 aromatic carbocycles. The maximum absolute atomic E-state index is 5.34. The van der Waals surface area contributed by atoms with Crippen LogP contribution in [0.25, 0.3) is 98.2 Å². The Morgan fingerprint density at radius 2 is 0.961 bits per heavy atom. The van der Waals surface area contributed by atoms with E-state index >= 15 is 0 Å². The minimum absolute atomic E-state index is 0.590. The Balaban J connectivity index is 1.25. The number of rotatable bonds is 4. The van der Waals surface area contributed by atoms with Crippen LogP contribution in [0.3, 0.4) is 0 Å². The van der Waals surface area contributed by atoms with Crippen LogP contribution in [-0.2, 0) is 0 Å². The number of nitrogens with zero attached hydrogens (tertiary/aromatic N) is 5. The summed E-state index contributed by atoms with van der Waals surface area (Å²) in [4.78, 5) is 15.8. The highest BCUT2D eigenvalue weighted by Crippen LogP contribution is 2.41. The Morgan fingerprint density at radius 1 is 0.392 bits per heavy atom. The van der Waals surface area contributed by atoms with Gasteiger partial charge in [0, 0.05) is 58.5 Å². The van der Waals surface area contributed by atoms with E-state index in [1.165, 1.54) is 36.5 Å². The van der Waals surface area contributed by atoms with Crippen LogP contribution in [0.1, 0.15) is 0 Å². The number of benzene rings is 7. The first-order valence-corrected chi connectivity index (χ1v) is 17.9. The lowest BCUT2D eigenvalue weighted by atomic mass is 10.1. The van der Waals surface area contributed by atoms with Crippen LogP contribution in [0.4, 0.5) is 0 Å². The van der Waals surface area contributed by atoms with Gasteiger partial charge >= 0.3 is 0 Å². The molecular weight excluding hydrogens is 643 g/mol. The van der Waals surface area contributed by atoms with E-state index in [0.29, 0.717) is 17.6 Å². The summed E-state index contributed by atoms with van der Waals surface area (Å²) in [5, 5.41) is 7.06. The topological polar surface area (TPSA) is 48.5 Å². The van der Waals surface area contributed by atoms with Crippen LogP contribution in [0.15, 0.2) is 164 Å². The average molecular weight is 670 g/mol. The normalized spacial score (nSPS) is 11.9. The van der Waals surface area contributed by atoms with Crippen LogP contribution in [0.2, 0.25) is 0 Å². The van der Waals surface area contributed by atoms with Gasteiger partial charge in [0.15, 0.2) is 11.6 Å². The number of hydrogen-bond donors (Lipinski definition) is 0. The van der Waals surface area contributed by atoms with Gasteiger partial charge in [-0.1, -0.05) is 115 Å². The number of thiophene rings is 1. The predicted molar refractivity (Wildman–Crippen MR) is 212 cm³/mol. The van der Waals surface area contributed by atoms with Gasteiger partial charge in [0.05, 0.1) is 22.1 Å². The Morgan fingerprint density at radius 3 is 1.71 bits per heavy atom. The summed E-state index contributed by atoms with van der Waals surface area (Å²) < 4.78 is 7.06. The van der Waals surface area contributed by atoms with Crippen molar-refractivity contribution >= 4 is 75.1 Å². The van der Waals surface area contributed by atoms with Gasteiger partial charge in [0.2, 0.25) is 5.95 Å². The van der Waals surface area contributed by atoms with E-state index in [-0.39, 0.29) is 0 Å². The van der Waals surface area contributed by atoms with Crippen molar-refractivity contribution in [2.24, 2.45) is 0 Å². The fourth-order valence-corrected chi connectivity index (χ4v) is 8.90. The lowest BCUT2D eigenvalue weighted by Crippen LogP contribution is -2.06. The van der Waals surface area contributed by atoms with Gasteiger partial charge in [0.25, 0.3) is 0 Å². The molecule has 6 heteroatoms. The van der Waals surface area contributed by atoms with Crippen molar-refractivity contribution in [3.05, 3.63) is 164 Å².